The maximum Gasteiger partial charge on any atom is 0.231 e. The Labute approximate surface area is 102 Å². The molecule has 0 heterocycles. The summed E-state index contributed by atoms with van der Waals surface area (Å²) >= 11 is 5.56. The third kappa shape index (κ3) is 3.12. The van der Waals surface area contributed by atoms with Gasteiger partial charge in [-0.3, -0.25) is 4.79 Å². The first-order valence-electron chi connectivity index (χ1n) is 4.80. The molecule has 0 fully saturated rings. The molecule has 1 aromatic rings. The van der Waals surface area contributed by atoms with E-state index >= 15 is 0 Å². The van der Waals surface area contributed by atoms with Crippen molar-refractivity contribution < 1.29 is 18.0 Å². The fraction of sp³-hybridized carbons (Fsp3) is 0.364. The Balaban J connectivity index is 2.97. The zero-order valence-corrected chi connectivity index (χ0v) is 10.0. The summed E-state index contributed by atoms with van der Waals surface area (Å²) in [6, 6.07) is 0.964. The maximum absolute atomic E-state index is 13.2. The number of rotatable bonds is 3. The van der Waals surface area contributed by atoms with Crippen molar-refractivity contribution >= 4 is 23.2 Å². The summed E-state index contributed by atoms with van der Waals surface area (Å²) in [5, 5.41) is 2.16. The average molecular weight is 266 g/mol. The van der Waals surface area contributed by atoms with E-state index in [1.165, 1.54) is 0 Å². The molecule has 6 heteroatoms. The first kappa shape index (κ1) is 13.8. The van der Waals surface area contributed by atoms with Crippen LogP contribution in [0.15, 0.2) is 12.1 Å². The molecule has 2 nitrogen and oxygen atoms in total. The lowest BCUT2D eigenvalue weighted by Crippen LogP contribution is -2.32. The van der Waals surface area contributed by atoms with Crippen LogP contribution in [0, 0.1) is 22.9 Å². The van der Waals surface area contributed by atoms with Gasteiger partial charge < -0.3 is 5.32 Å². The van der Waals surface area contributed by atoms with Crippen LogP contribution in [0.4, 0.5) is 18.9 Å². The number of nitrogens with one attached hydrogen (secondary N) is 1. The van der Waals surface area contributed by atoms with Gasteiger partial charge in [0.15, 0.2) is 11.6 Å². The molecule has 17 heavy (non-hydrogen) atoms. The van der Waals surface area contributed by atoms with Gasteiger partial charge >= 0.3 is 0 Å². The summed E-state index contributed by atoms with van der Waals surface area (Å²) in [6.07, 6.45) is 0. The van der Waals surface area contributed by atoms with Gasteiger partial charge in [0.05, 0.1) is 11.1 Å². The van der Waals surface area contributed by atoms with Crippen molar-refractivity contribution in [2.45, 2.75) is 13.8 Å². The topological polar surface area (TPSA) is 29.1 Å². The molecule has 0 aliphatic rings. The van der Waals surface area contributed by atoms with E-state index in [2.05, 4.69) is 5.32 Å². The Morgan fingerprint density at radius 3 is 2.29 bits per heavy atom. The Morgan fingerprint density at radius 2 is 1.76 bits per heavy atom. The number of amides is 1. The molecule has 94 valence electrons. The Bertz CT molecular complexity index is 449. The lowest BCUT2D eigenvalue weighted by molar-refractivity contribution is -0.123. The number of halogens is 4. The smallest absolute Gasteiger partial charge is 0.231 e. The van der Waals surface area contributed by atoms with E-state index in [9.17, 15) is 18.0 Å². The molecule has 0 atom stereocenters. The first-order chi connectivity index (χ1) is 7.77. The van der Waals surface area contributed by atoms with Crippen molar-refractivity contribution in [2.75, 3.05) is 11.2 Å². The second-order valence-corrected chi connectivity index (χ2v) is 4.49. The van der Waals surface area contributed by atoms with Crippen LogP contribution in [0.1, 0.15) is 13.8 Å². The van der Waals surface area contributed by atoms with Gasteiger partial charge in [-0.2, -0.15) is 0 Å². The molecule has 0 saturated carbocycles. The van der Waals surface area contributed by atoms with Crippen LogP contribution in [-0.2, 0) is 4.79 Å². The summed E-state index contributed by atoms with van der Waals surface area (Å²) < 4.78 is 38.7. The molecule has 0 unspecified atom stereocenters. The highest BCUT2D eigenvalue weighted by molar-refractivity contribution is 6.20. The number of benzene rings is 1. The number of anilines is 1. The Kier molecular flexibility index (Phi) is 4.03. The highest BCUT2D eigenvalue weighted by Gasteiger charge is 2.27. The minimum Gasteiger partial charge on any atom is -0.323 e. The van der Waals surface area contributed by atoms with Crippen molar-refractivity contribution in [1.29, 1.82) is 0 Å². The monoisotopic (exact) mass is 265 g/mol. The predicted molar refractivity (Wildman–Crippen MR) is 59.4 cm³/mol. The normalized spacial score (nSPS) is 11.4. The van der Waals surface area contributed by atoms with Crippen LogP contribution in [0.25, 0.3) is 0 Å². The molecular formula is C11H11ClF3NO. The first-order valence-corrected chi connectivity index (χ1v) is 5.33. The molecule has 0 aliphatic carbocycles. The van der Waals surface area contributed by atoms with E-state index in [0.29, 0.717) is 12.1 Å². The summed E-state index contributed by atoms with van der Waals surface area (Å²) in [7, 11) is 0. The van der Waals surface area contributed by atoms with Crippen molar-refractivity contribution in [1.82, 2.24) is 0 Å². The van der Waals surface area contributed by atoms with E-state index in [1.807, 2.05) is 0 Å². The fourth-order valence-electron chi connectivity index (χ4n) is 0.971. The average Bonchev–Trinajstić information content (AvgIpc) is 2.25. The molecule has 1 N–H and O–H groups in total. The molecule has 0 bridgehead atoms. The number of hydrogen-bond acceptors (Lipinski definition) is 1. The second kappa shape index (κ2) is 4.96. The van der Waals surface area contributed by atoms with Crippen LogP contribution in [0.2, 0.25) is 0 Å². The number of alkyl halides is 1. The van der Waals surface area contributed by atoms with Gasteiger partial charge in [0.1, 0.15) is 5.82 Å². The SMILES string of the molecule is CC(C)(CCl)C(=O)Nc1cc(F)c(F)cc1F. The standard InChI is InChI=1S/C11H11ClF3NO/c1-11(2,5-12)10(17)16-9-4-7(14)6(13)3-8(9)15/h3-4H,5H2,1-2H3,(H,16,17). The molecule has 0 aromatic heterocycles. The lowest BCUT2D eigenvalue weighted by Gasteiger charge is -2.20. The van der Waals surface area contributed by atoms with E-state index in [4.69, 9.17) is 11.6 Å². The largest absolute Gasteiger partial charge is 0.323 e. The molecule has 0 spiro atoms. The van der Waals surface area contributed by atoms with E-state index in [1.54, 1.807) is 13.8 Å². The number of hydrogen-bond donors (Lipinski definition) is 1. The van der Waals surface area contributed by atoms with Crippen LogP contribution in [0.3, 0.4) is 0 Å². The van der Waals surface area contributed by atoms with Gasteiger partial charge in [-0.15, -0.1) is 11.6 Å². The summed E-state index contributed by atoms with van der Waals surface area (Å²) in [4.78, 5) is 11.6. The molecule has 1 aromatic carbocycles. The quantitative estimate of drug-likeness (QED) is 0.659. The fourth-order valence-corrected chi connectivity index (χ4v) is 1.09. The third-order valence-electron chi connectivity index (χ3n) is 2.21. The van der Waals surface area contributed by atoms with Gasteiger partial charge in [0.25, 0.3) is 0 Å². The highest BCUT2D eigenvalue weighted by Crippen LogP contribution is 2.23. The van der Waals surface area contributed by atoms with Gasteiger partial charge in [-0.25, -0.2) is 13.2 Å². The molecule has 1 amide bonds. The zero-order chi connectivity index (χ0) is 13.2. The van der Waals surface area contributed by atoms with Crippen molar-refractivity contribution in [3.63, 3.8) is 0 Å². The van der Waals surface area contributed by atoms with Crippen LogP contribution >= 0.6 is 11.6 Å². The van der Waals surface area contributed by atoms with Gasteiger partial charge in [-0.1, -0.05) is 0 Å². The minimum absolute atomic E-state index is 0.0180. The molecular weight excluding hydrogens is 255 g/mol. The predicted octanol–water partition coefficient (Wildman–Crippen LogP) is 3.31. The highest BCUT2D eigenvalue weighted by atomic mass is 35.5. The van der Waals surface area contributed by atoms with Gasteiger partial charge in [-0.05, 0) is 13.8 Å². The van der Waals surface area contributed by atoms with Crippen molar-refractivity contribution in [3.8, 4) is 0 Å². The van der Waals surface area contributed by atoms with E-state index in [0.717, 1.165) is 0 Å². The van der Waals surface area contributed by atoms with Crippen molar-refractivity contribution in [3.05, 3.63) is 29.6 Å². The minimum atomic E-state index is -1.31. The van der Waals surface area contributed by atoms with Crippen LogP contribution in [-0.4, -0.2) is 11.8 Å². The summed E-state index contributed by atoms with van der Waals surface area (Å²) in [5.41, 5.74) is -1.34. The molecule has 1 rings (SSSR count). The van der Waals surface area contributed by atoms with E-state index in [-0.39, 0.29) is 5.88 Å². The van der Waals surface area contributed by atoms with Crippen molar-refractivity contribution in [2.24, 2.45) is 5.41 Å². The Hall–Kier alpha value is -1.23. The number of carbonyl (C=O) groups excluding carboxylic acids is 1. The zero-order valence-electron chi connectivity index (χ0n) is 9.28. The van der Waals surface area contributed by atoms with Crippen LogP contribution < -0.4 is 5.32 Å². The second-order valence-electron chi connectivity index (χ2n) is 4.22. The third-order valence-corrected chi connectivity index (χ3v) is 2.88. The van der Waals surface area contributed by atoms with Gasteiger partial charge in [0.2, 0.25) is 5.91 Å². The van der Waals surface area contributed by atoms with Crippen LogP contribution in [0.5, 0.6) is 0 Å². The Morgan fingerprint density at radius 1 is 1.24 bits per heavy atom. The lowest BCUT2D eigenvalue weighted by atomic mass is 9.95. The molecule has 0 aliphatic heterocycles. The number of carbonyl (C=O) groups is 1. The summed E-state index contributed by atoms with van der Waals surface area (Å²) in [6.45, 7) is 3.10. The summed E-state index contributed by atoms with van der Waals surface area (Å²) in [5.74, 6) is -4.13. The molecule has 0 saturated heterocycles. The molecule has 0 radical (unpaired) electrons. The maximum atomic E-state index is 13.2. The van der Waals surface area contributed by atoms with E-state index < -0.39 is 34.5 Å². The van der Waals surface area contributed by atoms with Gasteiger partial charge in [0, 0.05) is 18.0 Å².